The number of alkyl halides is 1. The molecule has 2 atom stereocenters. The Labute approximate surface area is 354 Å². The van der Waals surface area contributed by atoms with Crippen LogP contribution in [0.3, 0.4) is 0 Å². The first kappa shape index (κ1) is 42.0. The van der Waals surface area contributed by atoms with E-state index in [0.717, 1.165) is 99.7 Å². The van der Waals surface area contributed by atoms with Gasteiger partial charge in [0.2, 0.25) is 5.78 Å². The number of piperidine rings is 2. The van der Waals surface area contributed by atoms with Gasteiger partial charge in [0.15, 0.2) is 17.0 Å². The first-order valence-corrected chi connectivity index (χ1v) is 21.6. The Kier molecular flexibility index (Phi) is 12.7. The minimum atomic E-state index is -1.97. The van der Waals surface area contributed by atoms with E-state index in [0.29, 0.717) is 28.4 Å². The summed E-state index contributed by atoms with van der Waals surface area (Å²) in [6.45, 7) is 5.13. The molecule has 8 rings (SSSR count). The number of halogens is 3. The van der Waals surface area contributed by atoms with E-state index in [-0.39, 0.29) is 36.3 Å². The number of rotatable bonds is 13. The fourth-order valence-electron chi connectivity index (χ4n) is 8.41. The first-order valence-electron chi connectivity index (χ1n) is 20.5. The number of pyridine rings is 1. The number of carbonyl (C=O) groups is 2. The highest BCUT2D eigenvalue weighted by atomic mass is 32.2. The van der Waals surface area contributed by atoms with Crippen molar-refractivity contribution in [1.82, 2.24) is 14.3 Å². The van der Waals surface area contributed by atoms with Gasteiger partial charge in [-0.2, -0.15) is 5.26 Å². The van der Waals surface area contributed by atoms with E-state index in [9.17, 15) is 23.5 Å². The Balaban J connectivity index is 0.828. The lowest BCUT2D eigenvalue weighted by Gasteiger charge is -2.35. The number of aromatic nitrogens is 2. The van der Waals surface area contributed by atoms with Gasteiger partial charge in [-0.1, -0.05) is 12.1 Å². The first-order chi connectivity index (χ1) is 29.6. The lowest BCUT2D eigenvalue weighted by molar-refractivity contribution is 0.0578. The van der Waals surface area contributed by atoms with Crippen LogP contribution in [0.15, 0.2) is 73.1 Å². The largest absolute Gasteiger partial charge is 0.465 e. The van der Waals surface area contributed by atoms with Crippen molar-refractivity contribution in [2.24, 2.45) is 11.8 Å². The van der Waals surface area contributed by atoms with Crippen LogP contribution in [-0.4, -0.2) is 96.0 Å². The number of nitriles is 1. The Morgan fingerprint density at radius 1 is 0.885 bits per heavy atom. The highest BCUT2D eigenvalue weighted by Crippen LogP contribution is 2.32. The van der Waals surface area contributed by atoms with Gasteiger partial charge < -0.3 is 24.3 Å². The number of nitrogens with zero attached hydrogens (tertiary/aromatic N) is 5. The van der Waals surface area contributed by atoms with Crippen LogP contribution in [0.2, 0.25) is 0 Å². The molecule has 0 amide bonds. The molecule has 61 heavy (non-hydrogen) atoms. The summed E-state index contributed by atoms with van der Waals surface area (Å²) < 4.78 is 71.9. The molecule has 3 aliphatic rings. The van der Waals surface area contributed by atoms with Crippen LogP contribution >= 0.6 is 0 Å². The molecule has 0 bridgehead atoms. The molecule has 12 nitrogen and oxygen atoms in total. The van der Waals surface area contributed by atoms with Crippen LogP contribution in [0.4, 0.5) is 30.2 Å². The third-order valence-electron chi connectivity index (χ3n) is 12.0. The van der Waals surface area contributed by atoms with Gasteiger partial charge in [0.05, 0.1) is 29.5 Å². The van der Waals surface area contributed by atoms with E-state index < -0.39 is 46.3 Å². The summed E-state index contributed by atoms with van der Waals surface area (Å²) in [5.41, 5.74) is 3.49. The van der Waals surface area contributed by atoms with Crippen molar-refractivity contribution in [2.75, 3.05) is 74.1 Å². The number of hydrogen-bond donors (Lipinski definition) is 2. The lowest BCUT2D eigenvalue weighted by Crippen LogP contribution is -2.36. The summed E-state index contributed by atoms with van der Waals surface area (Å²) in [7, 11) is 1.31. The monoisotopic (exact) mass is 853 g/mol. The summed E-state index contributed by atoms with van der Waals surface area (Å²) in [4.78, 5) is 37.7. The summed E-state index contributed by atoms with van der Waals surface area (Å²) >= 11 is -1.97. The van der Waals surface area contributed by atoms with Crippen molar-refractivity contribution in [3.05, 3.63) is 107 Å². The van der Waals surface area contributed by atoms with E-state index >= 15 is 8.78 Å². The molecule has 3 aromatic carbocycles. The summed E-state index contributed by atoms with van der Waals surface area (Å²) in [6.07, 6.45) is 6.14. The third-order valence-corrected chi connectivity index (χ3v) is 13.2. The number of carbonyl (C=O) groups excluding carboxylic acids is 2. The van der Waals surface area contributed by atoms with E-state index in [4.69, 9.17) is 9.47 Å². The molecule has 3 fully saturated rings. The molecule has 0 spiro atoms. The zero-order valence-electron chi connectivity index (χ0n) is 33.7. The fraction of sp³-hybridized carbons (Fsp3) is 0.378. The maximum absolute atomic E-state index is 15.7. The Morgan fingerprint density at radius 3 is 2.20 bits per heavy atom. The number of nitrogens with one attached hydrogen (secondary N) is 2. The normalized spacial score (nSPS) is 18.3. The van der Waals surface area contributed by atoms with Crippen LogP contribution < -0.4 is 14.5 Å². The zero-order chi connectivity index (χ0) is 42.6. The number of anilines is 3. The summed E-state index contributed by atoms with van der Waals surface area (Å²) in [5.74, 6) is -2.71. The third kappa shape index (κ3) is 9.14. The van der Waals surface area contributed by atoms with Crippen LogP contribution in [0.5, 0.6) is 0 Å². The average Bonchev–Trinajstić information content (AvgIpc) is 3.93. The molecule has 2 unspecified atom stereocenters. The highest BCUT2D eigenvalue weighted by molar-refractivity contribution is 7.84. The predicted octanol–water partition coefficient (Wildman–Crippen LogP) is 7.58. The molecular weight excluding hydrogens is 808 g/mol. The molecule has 3 saturated heterocycles. The molecule has 2 N–H and O–H groups in total. The molecular formula is C45H46F3N7O5S. The standard InChI is InChI=1S/C45H46F3N7O5S/c1-59-45(57)36-7-6-35(20-31(36)22-49)54-17-12-29(13-18-54)27-60-26-28-10-15-53(16-11-28)34-4-2-30(3-5-34)32-21-37-38(24-51-44(37)50-23-32)43(56)41-39(47)8-9-40(42(41)48)52-61(58)55-19-14-33(46)25-55/h2-9,20-21,23-24,28-29,33,52H,10-19,25-27H2,1H3,(H,50,51). The smallest absolute Gasteiger partial charge is 0.339 e. The van der Waals surface area contributed by atoms with Gasteiger partial charge in [0, 0.05) is 92.8 Å². The Morgan fingerprint density at radius 2 is 1.56 bits per heavy atom. The van der Waals surface area contributed by atoms with Crippen LogP contribution in [0, 0.1) is 34.8 Å². The van der Waals surface area contributed by atoms with Crippen molar-refractivity contribution >= 4 is 51.0 Å². The van der Waals surface area contributed by atoms with E-state index in [1.54, 1.807) is 24.4 Å². The maximum Gasteiger partial charge on any atom is 0.339 e. The fourth-order valence-corrected chi connectivity index (χ4v) is 9.45. The summed E-state index contributed by atoms with van der Waals surface area (Å²) in [5, 5.41) is 9.94. The quantitative estimate of drug-likeness (QED) is 0.0905. The number of ether oxygens (including phenoxy) is 2. The second-order valence-electron chi connectivity index (χ2n) is 15.8. The van der Waals surface area contributed by atoms with Gasteiger partial charge in [0.1, 0.15) is 23.7 Å². The molecule has 5 heterocycles. The number of H-pyrrole nitrogens is 1. The molecule has 2 aromatic heterocycles. The molecule has 0 aliphatic carbocycles. The lowest BCUT2D eigenvalue weighted by atomic mass is 9.95. The van der Waals surface area contributed by atoms with E-state index in [1.807, 2.05) is 18.2 Å². The van der Waals surface area contributed by atoms with Gasteiger partial charge >= 0.3 is 5.97 Å². The van der Waals surface area contributed by atoms with E-state index in [1.165, 1.54) is 17.6 Å². The SMILES string of the molecule is COC(=O)c1ccc(N2CCC(COCC3CCN(c4ccc(-c5cnc6[nH]cc(C(=O)c7c(F)ccc(NS(=O)N8CCC(F)C8)c7F)c6c5)cc4)CC3)CC2)cc1C#N. The predicted molar refractivity (Wildman–Crippen MR) is 227 cm³/mol. The van der Waals surface area contributed by atoms with Crippen LogP contribution in [-0.2, 0) is 20.6 Å². The summed E-state index contributed by atoms with van der Waals surface area (Å²) in [6, 6.07) is 19.3. The van der Waals surface area contributed by atoms with Crippen molar-refractivity contribution in [3.63, 3.8) is 0 Å². The topological polar surface area (TPSA) is 144 Å². The molecule has 318 valence electrons. The van der Waals surface area contributed by atoms with Gasteiger partial charge in [-0.25, -0.2) is 31.5 Å². The van der Waals surface area contributed by atoms with Crippen molar-refractivity contribution in [1.29, 1.82) is 5.26 Å². The molecule has 0 saturated carbocycles. The number of hydrogen-bond acceptors (Lipinski definition) is 9. The number of methoxy groups -OCH3 is 1. The Hall–Kier alpha value is -5.76. The van der Waals surface area contributed by atoms with Crippen LogP contribution in [0.1, 0.15) is 63.9 Å². The molecule has 0 radical (unpaired) electrons. The number of ketones is 1. The molecule has 16 heteroatoms. The Bertz CT molecular complexity index is 2480. The average molecular weight is 854 g/mol. The van der Waals surface area contributed by atoms with Crippen LogP contribution in [0.25, 0.3) is 22.2 Å². The van der Waals surface area contributed by atoms with Gasteiger partial charge in [-0.3, -0.25) is 9.52 Å². The van der Waals surface area contributed by atoms with E-state index in [2.05, 4.69) is 42.7 Å². The minimum Gasteiger partial charge on any atom is -0.465 e. The highest BCUT2D eigenvalue weighted by Gasteiger charge is 2.30. The van der Waals surface area contributed by atoms with Crippen molar-refractivity contribution < 1.29 is 36.4 Å². The molecule has 3 aliphatic heterocycles. The number of benzene rings is 3. The second kappa shape index (κ2) is 18.5. The van der Waals surface area contributed by atoms with Crippen molar-refractivity contribution in [2.45, 2.75) is 38.3 Å². The number of esters is 1. The van der Waals surface area contributed by atoms with Crippen molar-refractivity contribution in [3.8, 4) is 17.2 Å². The number of aromatic amines is 1. The maximum atomic E-state index is 15.7. The van der Waals surface area contributed by atoms with Gasteiger partial charge in [-0.05, 0) is 98.0 Å². The molecule has 5 aromatic rings. The number of fused-ring (bicyclic) bond motifs is 1. The minimum absolute atomic E-state index is 0.0332. The second-order valence-corrected chi connectivity index (χ2v) is 17.1. The van der Waals surface area contributed by atoms with Gasteiger partial charge in [0.25, 0.3) is 0 Å². The zero-order valence-corrected chi connectivity index (χ0v) is 34.5. The van der Waals surface area contributed by atoms with Gasteiger partial charge in [-0.15, -0.1) is 0 Å².